The molecule has 2 aromatic rings. The van der Waals surface area contributed by atoms with Gasteiger partial charge in [0.15, 0.2) is 12.4 Å². The number of carbonyl (C=O) groups is 3. The molecule has 0 aliphatic heterocycles. The van der Waals surface area contributed by atoms with E-state index in [1.807, 2.05) is 18.2 Å². The lowest BCUT2D eigenvalue weighted by molar-refractivity contribution is -0.154. The lowest BCUT2D eigenvalue weighted by Gasteiger charge is -2.28. The van der Waals surface area contributed by atoms with Gasteiger partial charge in [-0.15, -0.1) is 0 Å². The summed E-state index contributed by atoms with van der Waals surface area (Å²) in [7, 11) is 1.55. The van der Waals surface area contributed by atoms with Crippen LogP contribution in [0.4, 0.5) is 5.69 Å². The summed E-state index contributed by atoms with van der Waals surface area (Å²) in [5, 5.41) is 2.69. The first-order chi connectivity index (χ1) is 14.6. The first-order valence-electron chi connectivity index (χ1n) is 10.3. The van der Waals surface area contributed by atoms with Gasteiger partial charge in [-0.3, -0.25) is 14.4 Å². The van der Waals surface area contributed by atoms with Gasteiger partial charge in [0.25, 0.3) is 5.91 Å². The molecule has 4 atom stereocenters. The van der Waals surface area contributed by atoms with Crippen molar-refractivity contribution >= 4 is 23.3 Å². The third-order valence-corrected chi connectivity index (χ3v) is 6.25. The van der Waals surface area contributed by atoms with Crippen LogP contribution in [0, 0.1) is 23.7 Å². The SMILES string of the molecule is COc1cccc(NC(=O)COC(=O)[C@@H]2[C@H]3CC[C@@H](C3)[C@@H]2C(=O)c2ccccc2)c1. The molecule has 2 aliphatic rings. The van der Waals surface area contributed by atoms with Crippen molar-refractivity contribution in [3.63, 3.8) is 0 Å². The Balaban J connectivity index is 1.39. The monoisotopic (exact) mass is 407 g/mol. The predicted octanol–water partition coefficient (Wildman–Crippen LogP) is 3.72. The number of amides is 1. The Bertz CT molecular complexity index is 942. The third kappa shape index (κ3) is 4.08. The number of nitrogens with one attached hydrogen (secondary N) is 1. The highest BCUT2D eigenvalue weighted by Crippen LogP contribution is 2.53. The summed E-state index contributed by atoms with van der Waals surface area (Å²) < 4.78 is 10.5. The van der Waals surface area contributed by atoms with E-state index in [-0.39, 0.29) is 30.1 Å². The molecule has 2 fully saturated rings. The highest BCUT2D eigenvalue weighted by atomic mass is 16.5. The smallest absolute Gasteiger partial charge is 0.310 e. The molecule has 2 aliphatic carbocycles. The molecule has 1 amide bonds. The van der Waals surface area contributed by atoms with E-state index >= 15 is 0 Å². The van der Waals surface area contributed by atoms with Crippen molar-refractivity contribution in [2.75, 3.05) is 19.0 Å². The van der Waals surface area contributed by atoms with Crippen LogP contribution < -0.4 is 10.1 Å². The van der Waals surface area contributed by atoms with Gasteiger partial charge >= 0.3 is 5.97 Å². The molecule has 6 heteroatoms. The maximum Gasteiger partial charge on any atom is 0.310 e. The van der Waals surface area contributed by atoms with Crippen molar-refractivity contribution < 1.29 is 23.9 Å². The van der Waals surface area contributed by atoms with Gasteiger partial charge in [0.1, 0.15) is 5.75 Å². The Hall–Kier alpha value is -3.15. The van der Waals surface area contributed by atoms with Gasteiger partial charge in [0.2, 0.25) is 0 Å². The standard InChI is InChI=1S/C24H25NO5/c1-29-19-9-5-8-18(13-19)25-20(26)14-30-24(28)22-17-11-10-16(12-17)21(22)23(27)15-6-3-2-4-7-15/h2-9,13,16-17,21-22H,10-12,14H2,1H3,(H,25,26)/t16-,17-,21-,22+/m0/s1. The molecule has 2 aromatic carbocycles. The second kappa shape index (κ2) is 8.69. The van der Waals surface area contributed by atoms with Crippen molar-refractivity contribution in [1.29, 1.82) is 0 Å². The Morgan fingerprint density at radius 1 is 0.967 bits per heavy atom. The molecule has 6 nitrogen and oxygen atoms in total. The topological polar surface area (TPSA) is 81.7 Å². The maximum absolute atomic E-state index is 13.1. The van der Waals surface area contributed by atoms with Gasteiger partial charge in [-0.1, -0.05) is 36.4 Å². The number of anilines is 1. The summed E-state index contributed by atoms with van der Waals surface area (Å²) in [5.74, 6) is -0.712. The molecule has 2 saturated carbocycles. The zero-order valence-electron chi connectivity index (χ0n) is 16.9. The molecule has 2 bridgehead atoms. The second-order valence-corrected chi connectivity index (χ2v) is 8.00. The lowest BCUT2D eigenvalue weighted by atomic mass is 9.75. The number of benzene rings is 2. The number of ketones is 1. The van der Waals surface area contributed by atoms with Crippen LogP contribution in [-0.2, 0) is 14.3 Å². The average molecular weight is 407 g/mol. The van der Waals surface area contributed by atoms with Crippen molar-refractivity contribution in [3.8, 4) is 5.75 Å². The number of ether oxygens (including phenoxy) is 2. The van der Waals surface area contributed by atoms with Crippen LogP contribution in [-0.4, -0.2) is 31.4 Å². The Morgan fingerprint density at radius 2 is 1.70 bits per heavy atom. The number of methoxy groups -OCH3 is 1. The van der Waals surface area contributed by atoms with E-state index in [2.05, 4.69) is 5.32 Å². The van der Waals surface area contributed by atoms with Crippen molar-refractivity contribution in [2.24, 2.45) is 23.7 Å². The molecular formula is C24H25NO5. The normalized spacial score (nSPS) is 24.3. The van der Waals surface area contributed by atoms with E-state index in [9.17, 15) is 14.4 Å². The molecular weight excluding hydrogens is 382 g/mol. The van der Waals surface area contributed by atoms with Gasteiger partial charge in [0.05, 0.1) is 13.0 Å². The second-order valence-electron chi connectivity index (χ2n) is 8.00. The van der Waals surface area contributed by atoms with Crippen LogP contribution in [0.15, 0.2) is 54.6 Å². The molecule has 0 heterocycles. The largest absolute Gasteiger partial charge is 0.497 e. The van der Waals surface area contributed by atoms with E-state index in [1.54, 1.807) is 43.5 Å². The van der Waals surface area contributed by atoms with Gasteiger partial charge < -0.3 is 14.8 Å². The zero-order valence-corrected chi connectivity index (χ0v) is 16.9. The van der Waals surface area contributed by atoms with E-state index in [0.717, 1.165) is 19.3 Å². The molecule has 156 valence electrons. The average Bonchev–Trinajstić information content (AvgIpc) is 3.39. The van der Waals surface area contributed by atoms with Gasteiger partial charge in [-0.05, 0) is 43.2 Å². The number of fused-ring (bicyclic) bond motifs is 2. The summed E-state index contributed by atoms with van der Waals surface area (Å²) in [6, 6.07) is 16.1. The van der Waals surface area contributed by atoms with Crippen LogP contribution in [0.1, 0.15) is 29.6 Å². The molecule has 0 unspecified atom stereocenters. The molecule has 0 spiro atoms. The summed E-state index contributed by atoms with van der Waals surface area (Å²) in [6.45, 7) is -0.379. The van der Waals surface area contributed by atoms with Crippen LogP contribution in [0.3, 0.4) is 0 Å². The minimum Gasteiger partial charge on any atom is -0.497 e. The van der Waals surface area contributed by atoms with E-state index in [1.165, 1.54) is 0 Å². The van der Waals surface area contributed by atoms with Crippen LogP contribution in [0.25, 0.3) is 0 Å². The van der Waals surface area contributed by atoms with Crippen molar-refractivity contribution in [1.82, 2.24) is 0 Å². The van der Waals surface area contributed by atoms with Gasteiger partial charge in [-0.2, -0.15) is 0 Å². The molecule has 30 heavy (non-hydrogen) atoms. The highest BCUT2D eigenvalue weighted by molar-refractivity contribution is 6.01. The molecule has 0 saturated heterocycles. The van der Waals surface area contributed by atoms with E-state index in [4.69, 9.17) is 9.47 Å². The summed E-state index contributed by atoms with van der Waals surface area (Å²) in [5.41, 5.74) is 1.19. The molecule has 0 aromatic heterocycles. The quantitative estimate of drug-likeness (QED) is 0.559. The number of Topliss-reactive ketones (excluding diaryl/α,β-unsaturated/α-hetero) is 1. The fourth-order valence-corrected chi connectivity index (χ4v) is 4.93. The highest BCUT2D eigenvalue weighted by Gasteiger charge is 2.54. The fourth-order valence-electron chi connectivity index (χ4n) is 4.93. The Kier molecular flexibility index (Phi) is 5.84. The maximum atomic E-state index is 13.1. The predicted molar refractivity (Wildman–Crippen MR) is 111 cm³/mol. The van der Waals surface area contributed by atoms with Crippen molar-refractivity contribution in [2.45, 2.75) is 19.3 Å². The number of hydrogen-bond acceptors (Lipinski definition) is 5. The first-order valence-corrected chi connectivity index (χ1v) is 10.3. The molecule has 0 radical (unpaired) electrons. The number of esters is 1. The molecule has 4 rings (SSSR count). The van der Waals surface area contributed by atoms with Crippen molar-refractivity contribution in [3.05, 3.63) is 60.2 Å². The summed E-state index contributed by atoms with van der Waals surface area (Å²) in [6.07, 6.45) is 2.77. The van der Waals surface area contributed by atoms with Gasteiger partial charge in [0, 0.05) is 23.2 Å². The minimum atomic E-state index is -0.471. The molecule has 1 N–H and O–H groups in total. The number of hydrogen-bond donors (Lipinski definition) is 1. The van der Waals surface area contributed by atoms with E-state index in [0.29, 0.717) is 17.0 Å². The Morgan fingerprint density at radius 3 is 2.43 bits per heavy atom. The summed E-state index contributed by atoms with van der Waals surface area (Å²) >= 11 is 0. The number of rotatable bonds is 7. The first kappa shape index (κ1) is 20.1. The van der Waals surface area contributed by atoms with Crippen LogP contribution >= 0.6 is 0 Å². The van der Waals surface area contributed by atoms with Crippen LogP contribution in [0.2, 0.25) is 0 Å². The lowest BCUT2D eigenvalue weighted by Crippen LogP contribution is -2.37. The van der Waals surface area contributed by atoms with Crippen LogP contribution in [0.5, 0.6) is 5.75 Å². The number of carbonyl (C=O) groups excluding carboxylic acids is 3. The summed E-state index contributed by atoms with van der Waals surface area (Å²) in [4.78, 5) is 38.2. The van der Waals surface area contributed by atoms with Gasteiger partial charge in [-0.25, -0.2) is 0 Å². The third-order valence-electron chi connectivity index (χ3n) is 6.25. The van der Waals surface area contributed by atoms with E-state index < -0.39 is 17.8 Å². The zero-order chi connectivity index (χ0) is 21.1. The fraction of sp³-hybridized carbons (Fsp3) is 0.375. The minimum absolute atomic E-state index is 0.00517. The Labute approximate surface area is 175 Å².